The molecule has 8 nitrogen and oxygen atoms in total. The van der Waals surface area contributed by atoms with Crippen molar-refractivity contribution in [1.82, 2.24) is 0 Å². The van der Waals surface area contributed by atoms with Gasteiger partial charge in [-0.2, -0.15) is 0 Å². The number of carbonyl (C=O) groups is 2. The molecule has 0 atom stereocenters. The lowest BCUT2D eigenvalue weighted by Gasteiger charge is -2.12. The molecule has 0 spiro atoms. The maximum absolute atomic E-state index is 12.5. The van der Waals surface area contributed by atoms with Crippen molar-refractivity contribution in [2.24, 2.45) is 5.73 Å². The molecular formula is C18H18N4O4. The van der Waals surface area contributed by atoms with Crippen molar-refractivity contribution in [3.8, 4) is 0 Å². The number of hydrogen-bond acceptors (Lipinski definition) is 5. The molecule has 26 heavy (non-hydrogen) atoms. The van der Waals surface area contributed by atoms with Crippen LogP contribution >= 0.6 is 0 Å². The summed E-state index contributed by atoms with van der Waals surface area (Å²) in [7, 11) is 0. The highest BCUT2D eigenvalue weighted by atomic mass is 16.6. The highest BCUT2D eigenvalue weighted by Gasteiger charge is 2.25. The number of anilines is 2. The van der Waals surface area contributed by atoms with Crippen LogP contribution in [0.1, 0.15) is 39.1 Å². The Morgan fingerprint density at radius 2 is 1.92 bits per heavy atom. The Morgan fingerprint density at radius 1 is 1.19 bits per heavy atom. The van der Waals surface area contributed by atoms with E-state index in [9.17, 15) is 19.7 Å². The Hall–Kier alpha value is -3.42. The number of nitro groups is 1. The van der Waals surface area contributed by atoms with E-state index in [1.807, 2.05) is 0 Å². The van der Waals surface area contributed by atoms with E-state index < -0.39 is 16.7 Å². The number of benzene rings is 2. The molecule has 8 heteroatoms. The quantitative estimate of drug-likeness (QED) is 0.543. The van der Waals surface area contributed by atoms with Crippen molar-refractivity contribution < 1.29 is 14.5 Å². The molecule has 0 saturated heterocycles. The van der Waals surface area contributed by atoms with Crippen LogP contribution in [-0.4, -0.2) is 22.8 Å². The third-order valence-corrected chi connectivity index (χ3v) is 4.24. The molecule has 0 radical (unpaired) electrons. The average Bonchev–Trinajstić information content (AvgIpc) is 3.40. The first-order chi connectivity index (χ1) is 12.4. The summed E-state index contributed by atoms with van der Waals surface area (Å²) in [5, 5.41) is 17.1. The second-order valence-electron chi connectivity index (χ2n) is 6.20. The van der Waals surface area contributed by atoms with E-state index in [4.69, 9.17) is 5.73 Å². The lowest BCUT2D eigenvalue weighted by molar-refractivity contribution is -0.384. The molecule has 1 aliphatic rings. The van der Waals surface area contributed by atoms with Gasteiger partial charge in [-0.1, -0.05) is 6.07 Å². The molecule has 2 aromatic carbocycles. The highest BCUT2D eigenvalue weighted by Crippen LogP contribution is 2.31. The van der Waals surface area contributed by atoms with Gasteiger partial charge >= 0.3 is 0 Å². The van der Waals surface area contributed by atoms with Crippen molar-refractivity contribution in [1.29, 1.82) is 0 Å². The standard InChI is InChI=1S/C18H18N4O4/c1-10-13(17(19)23)3-2-4-14(10)21-18(24)11-5-8-15(20-12-6-7-12)16(9-11)22(25)26/h2-5,8-9,12,20H,6-7H2,1H3,(H2,19,23)(H,21,24). The predicted octanol–water partition coefficient (Wildman–Crippen LogP) is 2.83. The molecule has 134 valence electrons. The monoisotopic (exact) mass is 354 g/mol. The summed E-state index contributed by atoms with van der Waals surface area (Å²) in [6.07, 6.45) is 1.96. The number of nitro benzene ring substituents is 1. The molecule has 0 aliphatic heterocycles. The van der Waals surface area contributed by atoms with Gasteiger partial charge in [0.25, 0.3) is 11.6 Å². The van der Waals surface area contributed by atoms with Crippen LogP contribution in [-0.2, 0) is 0 Å². The van der Waals surface area contributed by atoms with Crippen LogP contribution in [0.15, 0.2) is 36.4 Å². The van der Waals surface area contributed by atoms with Crippen LogP contribution < -0.4 is 16.4 Å². The Bertz CT molecular complexity index is 906. The van der Waals surface area contributed by atoms with Crippen LogP contribution in [0.4, 0.5) is 17.1 Å². The Morgan fingerprint density at radius 3 is 2.54 bits per heavy atom. The molecule has 4 N–H and O–H groups in total. The summed E-state index contributed by atoms with van der Waals surface area (Å²) in [4.78, 5) is 34.7. The highest BCUT2D eigenvalue weighted by molar-refractivity contribution is 6.06. The van der Waals surface area contributed by atoms with Gasteiger partial charge in [0.15, 0.2) is 0 Å². The normalized spacial score (nSPS) is 13.1. The number of amides is 2. The van der Waals surface area contributed by atoms with Gasteiger partial charge in [0.1, 0.15) is 5.69 Å². The molecule has 1 saturated carbocycles. The number of nitrogens with two attached hydrogens (primary N) is 1. The molecule has 2 amide bonds. The van der Waals surface area contributed by atoms with E-state index in [1.165, 1.54) is 18.2 Å². The van der Waals surface area contributed by atoms with E-state index in [0.29, 0.717) is 22.5 Å². The first kappa shape index (κ1) is 17.4. The van der Waals surface area contributed by atoms with E-state index in [0.717, 1.165) is 12.8 Å². The Labute approximate surface area is 149 Å². The maximum Gasteiger partial charge on any atom is 0.293 e. The summed E-state index contributed by atoms with van der Waals surface area (Å²) in [5.74, 6) is -1.10. The summed E-state index contributed by atoms with van der Waals surface area (Å²) < 4.78 is 0. The van der Waals surface area contributed by atoms with Gasteiger partial charge in [0.2, 0.25) is 5.91 Å². The predicted molar refractivity (Wildman–Crippen MR) is 97.4 cm³/mol. The van der Waals surface area contributed by atoms with Gasteiger partial charge in [-0.3, -0.25) is 19.7 Å². The lowest BCUT2D eigenvalue weighted by Crippen LogP contribution is -2.17. The molecule has 0 aromatic heterocycles. The number of nitrogens with zero attached hydrogens (tertiary/aromatic N) is 1. The molecule has 0 unspecified atom stereocenters. The van der Waals surface area contributed by atoms with Crippen molar-refractivity contribution >= 4 is 28.9 Å². The summed E-state index contributed by atoms with van der Waals surface area (Å²) in [5.41, 5.74) is 6.98. The summed E-state index contributed by atoms with van der Waals surface area (Å²) in [6.45, 7) is 1.67. The van der Waals surface area contributed by atoms with Crippen LogP contribution in [0.5, 0.6) is 0 Å². The van der Waals surface area contributed by atoms with Crippen molar-refractivity contribution in [3.63, 3.8) is 0 Å². The average molecular weight is 354 g/mol. The third-order valence-electron chi connectivity index (χ3n) is 4.24. The largest absolute Gasteiger partial charge is 0.377 e. The van der Waals surface area contributed by atoms with Gasteiger partial charge < -0.3 is 16.4 Å². The molecule has 0 heterocycles. The molecule has 1 aliphatic carbocycles. The molecular weight excluding hydrogens is 336 g/mol. The van der Waals surface area contributed by atoms with E-state index in [1.54, 1.807) is 25.1 Å². The van der Waals surface area contributed by atoms with Crippen molar-refractivity contribution in [2.75, 3.05) is 10.6 Å². The van der Waals surface area contributed by atoms with E-state index in [-0.39, 0.29) is 17.3 Å². The van der Waals surface area contributed by atoms with Crippen LogP contribution in [0, 0.1) is 17.0 Å². The number of hydrogen-bond donors (Lipinski definition) is 3. The summed E-state index contributed by atoms with van der Waals surface area (Å²) in [6, 6.07) is 9.38. The minimum Gasteiger partial charge on any atom is -0.377 e. The topological polar surface area (TPSA) is 127 Å². The Kier molecular flexibility index (Phi) is 4.57. The molecule has 3 rings (SSSR count). The van der Waals surface area contributed by atoms with E-state index in [2.05, 4.69) is 10.6 Å². The van der Waals surface area contributed by atoms with Crippen LogP contribution in [0.2, 0.25) is 0 Å². The molecule has 0 bridgehead atoms. The van der Waals surface area contributed by atoms with Gasteiger partial charge in [-0.05, 0) is 49.6 Å². The fourth-order valence-electron chi connectivity index (χ4n) is 2.63. The first-order valence-electron chi connectivity index (χ1n) is 8.12. The van der Waals surface area contributed by atoms with Gasteiger partial charge in [0.05, 0.1) is 4.92 Å². The second kappa shape index (κ2) is 6.83. The number of primary amides is 1. The lowest BCUT2D eigenvalue weighted by atomic mass is 10.1. The smallest absolute Gasteiger partial charge is 0.293 e. The minimum atomic E-state index is -0.593. The SMILES string of the molecule is Cc1c(NC(=O)c2ccc(NC3CC3)c([N+](=O)[O-])c2)cccc1C(N)=O. The van der Waals surface area contributed by atoms with Gasteiger partial charge in [-0.25, -0.2) is 0 Å². The van der Waals surface area contributed by atoms with Gasteiger partial charge in [-0.15, -0.1) is 0 Å². The van der Waals surface area contributed by atoms with Crippen LogP contribution in [0.25, 0.3) is 0 Å². The fraction of sp³-hybridized carbons (Fsp3) is 0.222. The van der Waals surface area contributed by atoms with E-state index >= 15 is 0 Å². The molecule has 1 fully saturated rings. The van der Waals surface area contributed by atoms with Gasteiger partial charge in [0, 0.05) is 28.9 Å². The van der Waals surface area contributed by atoms with Crippen molar-refractivity contribution in [2.45, 2.75) is 25.8 Å². The third kappa shape index (κ3) is 3.64. The molecule has 2 aromatic rings. The fourth-order valence-corrected chi connectivity index (χ4v) is 2.63. The summed E-state index contributed by atoms with van der Waals surface area (Å²) >= 11 is 0. The number of rotatable bonds is 6. The number of carbonyl (C=O) groups excluding carboxylic acids is 2. The maximum atomic E-state index is 12.5. The second-order valence-corrected chi connectivity index (χ2v) is 6.20. The number of nitrogens with one attached hydrogen (secondary N) is 2. The zero-order valence-corrected chi connectivity index (χ0v) is 14.1. The zero-order valence-electron chi connectivity index (χ0n) is 14.1. The van der Waals surface area contributed by atoms with Crippen LogP contribution in [0.3, 0.4) is 0 Å². The Balaban J connectivity index is 1.86. The minimum absolute atomic E-state index is 0.146. The first-order valence-corrected chi connectivity index (χ1v) is 8.12. The van der Waals surface area contributed by atoms with Crippen molar-refractivity contribution in [3.05, 3.63) is 63.2 Å². The zero-order chi connectivity index (χ0) is 18.8.